The van der Waals surface area contributed by atoms with Crippen molar-refractivity contribution in [3.8, 4) is 0 Å². The summed E-state index contributed by atoms with van der Waals surface area (Å²) in [7, 11) is 0. The second kappa shape index (κ2) is 5.63. The molecule has 1 aromatic carbocycles. The first-order chi connectivity index (χ1) is 7.52. The Morgan fingerprint density at radius 1 is 1.38 bits per heavy atom. The molecule has 1 atom stereocenters. The molecule has 4 heteroatoms. The number of aliphatic hydroxyl groups is 1. The number of hydrogen-bond donors (Lipinski definition) is 3. The molecule has 16 heavy (non-hydrogen) atoms. The zero-order chi connectivity index (χ0) is 12.0. The van der Waals surface area contributed by atoms with Crippen LogP contribution in [-0.2, 0) is 10.4 Å². The van der Waals surface area contributed by atoms with Crippen molar-refractivity contribution in [2.45, 2.75) is 18.9 Å². The van der Waals surface area contributed by atoms with Crippen LogP contribution in [0.4, 0.5) is 0 Å². The van der Waals surface area contributed by atoms with Gasteiger partial charge < -0.3 is 15.5 Å². The van der Waals surface area contributed by atoms with E-state index in [-0.39, 0.29) is 6.42 Å². The molecular weight excluding hydrogens is 206 g/mol. The predicted molar refractivity (Wildman–Crippen MR) is 61.1 cm³/mol. The SMILES string of the molecule is CC(O)(CNCCC(=O)O)c1ccccc1. The van der Waals surface area contributed by atoms with E-state index in [4.69, 9.17) is 5.11 Å². The Kier molecular flexibility index (Phi) is 4.46. The highest BCUT2D eigenvalue weighted by Crippen LogP contribution is 2.18. The standard InChI is InChI=1S/C12H17NO3/c1-12(16,9-13-8-7-11(14)15)10-5-3-2-4-6-10/h2-6,13,16H,7-9H2,1H3,(H,14,15). The fourth-order valence-corrected chi connectivity index (χ4v) is 1.43. The Labute approximate surface area is 94.9 Å². The number of aliphatic carboxylic acids is 1. The molecule has 1 aromatic rings. The molecule has 0 aromatic heterocycles. The summed E-state index contributed by atoms with van der Waals surface area (Å²) in [5.74, 6) is -0.841. The van der Waals surface area contributed by atoms with E-state index in [2.05, 4.69) is 5.32 Å². The fourth-order valence-electron chi connectivity index (χ4n) is 1.43. The number of carboxylic acids is 1. The van der Waals surface area contributed by atoms with Gasteiger partial charge in [0.15, 0.2) is 0 Å². The van der Waals surface area contributed by atoms with Crippen molar-refractivity contribution in [1.29, 1.82) is 0 Å². The maximum atomic E-state index is 10.3. The average molecular weight is 223 g/mol. The van der Waals surface area contributed by atoms with E-state index in [0.717, 1.165) is 5.56 Å². The van der Waals surface area contributed by atoms with Crippen LogP contribution in [0.3, 0.4) is 0 Å². The minimum absolute atomic E-state index is 0.0604. The van der Waals surface area contributed by atoms with Gasteiger partial charge in [-0.3, -0.25) is 4.79 Å². The molecule has 1 rings (SSSR count). The number of nitrogens with one attached hydrogen (secondary N) is 1. The molecule has 3 N–H and O–H groups in total. The summed E-state index contributed by atoms with van der Waals surface area (Å²) in [6.45, 7) is 2.40. The third-order valence-electron chi connectivity index (χ3n) is 2.38. The van der Waals surface area contributed by atoms with Crippen molar-refractivity contribution in [3.63, 3.8) is 0 Å². The van der Waals surface area contributed by atoms with Crippen molar-refractivity contribution in [2.75, 3.05) is 13.1 Å². The van der Waals surface area contributed by atoms with Gasteiger partial charge in [-0.25, -0.2) is 0 Å². The van der Waals surface area contributed by atoms with E-state index in [9.17, 15) is 9.90 Å². The molecule has 0 radical (unpaired) electrons. The zero-order valence-corrected chi connectivity index (χ0v) is 9.31. The van der Waals surface area contributed by atoms with Crippen LogP contribution in [0.2, 0.25) is 0 Å². The highest BCUT2D eigenvalue weighted by Gasteiger charge is 2.21. The molecule has 88 valence electrons. The molecule has 0 saturated carbocycles. The van der Waals surface area contributed by atoms with Gasteiger partial charge in [0, 0.05) is 13.1 Å². The monoisotopic (exact) mass is 223 g/mol. The Balaban J connectivity index is 2.43. The average Bonchev–Trinajstić information content (AvgIpc) is 2.26. The van der Waals surface area contributed by atoms with Crippen molar-refractivity contribution in [2.24, 2.45) is 0 Å². The smallest absolute Gasteiger partial charge is 0.304 e. The minimum atomic E-state index is -0.972. The molecule has 0 amide bonds. The van der Waals surface area contributed by atoms with Gasteiger partial charge in [-0.1, -0.05) is 30.3 Å². The first-order valence-electron chi connectivity index (χ1n) is 5.23. The maximum absolute atomic E-state index is 10.3. The summed E-state index contributed by atoms with van der Waals surface area (Å²) in [6, 6.07) is 9.30. The maximum Gasteiger partial charge on any atom is 0.304 e. The number of carboxylic acid groups (broad SMARTS) is 1. The van der Waals surface area contributed by atoms with Gasteiger partial charge in [-0.05, 0) is 12.5 Å². The lowest BCUT2D eigenvalue weighted by Gasteiger charge is -2.24. The van der Waals surface area contributed by atoms with Crippen LogP contribution in [0.15, 0.2) is 30.3 Å². The largest absolute Gasteiger partial charge is 0.481 e. The Bertz CT molecular complexity index is 335. The van der Waals surface area contributed by atoms with Crippen molar-refractivity contribution in [1.82, 2.24) is 5.32 Å². The molecule has 0 saturated heterocycles. The number of hydrogen-bond acceptors (Lipinski definition) is 3. The van der Waals surface area contributed by atoms with Gasteiger partial charge in [0.25, 0.3) is 0 Å². The highest BCUT2D eigenvalue weighted by atomic mass is 16.4. The first kappa shape index (κ1) is 12.7. The Morgan fingerprint density at radius 2 is 2.00 bits per heavy atom. The van der Waals surface area contributed by atoms with Crippen LogP contribution >= 0.6 is 0 Å². The highest BCUT2D eigenvalue weighted by molar-refractivity contribution is 5.66. The number of rotatable bonds is 6. The van der Waals surface area contributed by atoms with Gasteiger partial charge in [0.05, 0.1) is 12.0 Å². The van der Waals surface area contributed by atoms with E-state index in [0.29, 0.717) is 13.1 Å². The van der Waals surface area contributed by atoms with E-state index in [1.807, 2.05) is 30.3 Å². The second-order valence-corrected chi connectivity index (χ2v) is 3.96. The third kappa shape index (κ3) is 4.00. The fraction of sp³-hybridized carbons (Fsp3) is 0.417. The van der Waals surface area contributed by atoms with Crippen LogP contribution in [0.25, 0.3) is 0 Å². The molecule has 0 aliphatic rings. The van der Waals surface area contributed by atoms with Crippen LogP contribution in [0.1, 0.15) is 18.9 Å². The predicted octanol–water partition coefficient (Wildman–Crippen LogP) is 0.958. The van der Waals surface area contributed by atoms with Crippen LogP contribution < -0.4 is 5.32 Å². The van der Waals surface area contributed by atoms with Crippen molar-refractivity contribution >= 4 is 5.97 Å². The molecule has 0 spiro atoms. The Hall–Kier alpha value is -1.39. The van der Waals surface area contributed by atoms with Gasteiger partial charge in [0.1, 0.15) is 0 Å². The minimum Gasteiger partial charge on any atom is -0.481 e. The molecule has 1 unspecified atom stereocenters. The van der Waals surface area contributed by atoms with Gasteiger partial charge in [-0.2, -0.15) is 0 Å². The molecule has 0 aliphatic heterocycles. The topological polar surface area (TPSA) is 69.6 Å². The quantitative estimate of drug-likeness (QED) is 0.628. The Morgan fingerprint density at radius 3 is 2.56 bits per heavy atom. The molecular formula is C12H17NO3. The molecule has 0 fully saturated rings. The first-order valence-corrected chi connectivity index (χ1v) is 5.23. The number of carbonyl (C=O) groups is 1. The summed E-state index contributed by atoms with van der Waals surface area (Å²) in [5, 5.41) is 21.5. The van der Waals surface area contributed by atoms with Crippen molar-refractivity contribution in [3.05, 3.63) is 35.9 Å². The lowest BCUT2D eigenvalue weighted by Crippen LogP contribution is -2.36. The summed E-state index contributed by atoms with van der Waals surface area (Å²) >= 11 is 0. The molecule has 0 aliphatic carbocycles. The van der Waals surface area contributed by atoms with Crippen molar-refractivity contribution < 1.29 is 15.0 Å². The van der Waals surface area contributed by atoms with Gasteiger partial charge in [0.2, 0.25) is 0 Å². The van der Waals surface area contributed by atoms with Crippen LogP contribution in [0, 0.1) is 0 Å². The normalized spacial score (nSPS) is 14.4. The lowest BCUT2D eigenvalue weighted by atomic mass is 9.96. The van der Waals surface area contributed by atoms with Gasteiger partial charge >= 0.3 is 5.97 Å². The summed E-state index contributed by atoms with van der Waals surface area (Å²) in [5.41, 5.74) is -0.155. The molecule has 0 heterocycles. The summed E-state index contributed by atoms with van der Waals surface area (Å²) in [6.07, 6.45) is 0.0604. The number of benzene rings is 1. The van der Waals surface area contributed by atoms with Crippen LogP contribution in [0.5, 0.6) is 0 Å². The molecule has 4 nitrogen and oxygen atoms in total. The second-order valence-electron chi connectivity index (χ2n) is 3.96. The van der Waals surface area contributed by atoms with Crippen LogP contribution in [-0.4, -0.2) is 29.3 Å². The van der Waals surface area contributed by atoms with E-state index >= 15 is 0 Å². The van der Waals surface area contributed by atoms with Gasteiger partial charge in [-0.15, -0.1) is 0 Å². The summed E-state index contributed by atoms with van der Waals surface area (Å²) < 4.78 is 0. The van der Waals surface area contributed by atoms with E-state index < -0.39 is 11.6 Å². The summed E-state index contributed by atoms with van der Waals surface area (Å²) in [4.78, 5) is 10.3. The van der Waals surface area contributed by atoms with E-state index in [1.54, 1.807) is 6.92 Å². The lowest BCUT2D eigenvalue weighted by molar-refractivity contribution is -0.136. The molecule has 0 bridgehead atoms. The van der Waals surface area contributed by atoms with E-state index in [1.165, 1.54) is 0 Å². The zero-order valence-electron chi connectivity index (χ0n) is 9.31. The third-order valence-corrected chi connectivity index (χ3v) is 2.38.